The lowest BCUT2D eigenvalue weighted by Gasteiger charge is -2.11. The highest BCUT2D eigenvalue weighted by Crippen LogP contribution is 2.37. The van der Waals surface area contributed by atoms with E-state index in [1.54, 1.807) is 4.88 Å². The zero-order valence-electron chi connectivity index (χ0n) is 9.79. The monoisotopic (exact) mass is 228 g/mol. The smallest absolute Gasteiger partial charge is 0.0352 e. The van der Waals surface area contributed by atoms with E-state index in [0.29, 0.717) is 5.92 Å². The van der Waals surface area contributed by atoms with Gasteiger partial charge in [0.05, 0.1) is 0 Å². The third kappa shape index (κ3) is 1.51. The third-order valence-electron chi connectivity index (χ3n) is 3.37. The molecule has 0 bridgehead atoms. The molecule has 0 aliphatic heterocycles. The van der Waals surface area contributed by atoms with Crippen LogP contribution in [0.5, 0.6) is 0 Å². The Kier molecular flexibility index (Phi) is 2.36. The first kappa shape index (κ1) is 10.1. The average Bonchev–Trinajstić information content (AvgIpc) is 2.65. The van der Waals surface area contributed by atoms with Crippen molar-refractivity contribution in [3.8, 4) is 0 Å². The summed E-state index contributed by atoms with van der Waals surface area (Å²) in [6.45, 7) is 4.51. The molecule has 1 aromatic heterocycles. The molecule has 0 saturated carbocycles. The van der Waals surface area contributed by atoms with Gasteiger partial charge in [0.25, 0.3) is 0 Å². The highest BCUT2D eigenvalue weighted by Gasteiger charge is 2.15. The number of rotatable bonds is 1. The minimum atomic E-state index is 0.700. The first-order valence-electron chi connectivity index (χ1n) is 6.00. The molecule has 1 heterocycles. The molecule has 16 heavy (non-hydrogen) atoms. The molecule has 1 heteroatoms. The Morgan fingerprint density at radius 2 is 2.25 bits per heavy atom. The second-order valence-corrected chi connectivity index (χ2v) is 5.80. The third-order valence-corrected chi connectivity index (χ3v) is 4.58. The molecule has 0 amide bonds. The Hall–Kier alpha value is -1.08. The molecule has 3 rings (SSSR count). The van der Waals surface area contributed by atoms with Crippen LogP contribution in [0.4, 0.5) is 0 Å². The lowest BCUT2D eigenvalue weighted by atomic mass is 9.95. The van der Waals surface area contributed by atoms with E-state index < -0.39 is 0 Å². The van der Waals surface area contributed by atoms with Crippen LogP contribution in [0.3, 0.4) is 0 Å². The van der Waals surface area contributed by atoms with Crippen molar-refractivity contribution in [3.05, 3.63) is 40.3 Å². The van der Waals surface area contributed by atoms with Crippen LogP contribution >= 0.6 is 11.3 Å². The minimum Gasteiger partial charge on any atom is -0.140 e. The second-order valence-electron chi connectivity index (χ2n) is 4.66. The molecule has 1 aliphatic rings. The van der Waals surface area contributed by atoms with E-state index in [2.05, 4.69) is 44.2 Å². The fourth-order valence-electron chi connectivity index (χ4n) is 2.39. The minimum absolute atomic E-state index is 0.700. The summed E-state index contributed by atoms with van der Waals surface area (Å²) < 4.78 is 1.45. The molecule has 0 N–H and O–H groups in total. The summed E-state index contributed by atoms with van der Waals surface area (Å²) in [6, 6.07) is 6.91. The molecule has 0 spiro atoms. The highest BCUT2D eigenvalue weighted by atomic mass is 32.1. The molecule has 0 radical (unpaired) electrons. The quantitative estimate of drug-likeness (QED) is 0.665. The van der Waals surface area contributed by atoms with Gasteiger partial charge in [0, 0.05) is 15.0 Å². The van der Waals surface area contributed by atoms with Gasteiger partial charge in [-0.25, -0.2) is 0 Å². The number of benzene rings is 1. The van der Waals surface area contributed by atoms with Crippen LogP contribution in [0.15, 0.2) is 24.3 Å². The Balaban J connectivity index is 2.24. The van der Waals surface area contributed by atoms with Crippen molar-refractivity contribution in [1.29, 1.82) is 0 Å². The van der Waals surface area contributed by atoms with Crippen molar-refractivity contribution in [2.45, 2.75) is 26.7 Å². The Bertz CT molecular complexity index is 560. The molecule has 2 aromatic rings. The number of allylic oxidation sites excluding steroid dienone is 1. The van der Waals surface area contributed by atoms with Crippen LogP contribution in [0, 0.1) is 5.92 Å². The van der Waals surface area contributed by atoms with Gasteiger partial charge in [0.2, 0.25) is 0 Å². The molecule has 1 atom stereocenters. The van der Waals surface area contributed by atoms with E-state index in [1.807, 2.05) is 11.3 Å². The topological polar surface area (TPSA) is 0 Å². The first-order valence-corrected chi connectivity index (χ1v) is 6.82. The number of fused-ring (bicyclic) bond motifs is 3. The van der Waals surface area contributed by atoms with Crippen LogP contribution in [0.2, 0.25) is 0 Å². The molecule has 1 aliphatic carbocycles. The molecular weight excluding hydrogens is 212 g/mol. The van der Waals surface area contributed by atoms with Gasteiger partial charge in [-0.3, -0.25) is 0 Å². The second kappa shape index (κ2) is 3.74. The molecule has 0 saturated heterocycles. The zero-order valence-corrected chi connectivity index (χ0v) is 10.6. The fraction of sp³-hybridized carbons (Fsp3) is 0.333. The number of hydrogen-bond donors (Lipinski definition) is 0. The Labute approximate surface area is 101 Å². The molecule has 0 fully saturated rings. The van der Waals surface area contributed by atoms with Crippen LogP contribution in [0.25, 0.3) is 16.2 Å². The summed E-state index contributed by atoms with van der Waals surface area (Å²) in [5, 5.41) is 1.46. The Morgan fingerprint density at radius 3 is 3.06 bits per heavy atom. The summed E-state index contributed by atoms with van der Waals surface area (Å²) in [4.78, 5) is 1.57. The van der Waals surface area contributed by atoms with Gasteiger partial charge in [0.1, 0.15) is 0 Å². The van der Waals surface area contributed by atoms with Crippen LogP contribution in [0.1, 0.15) is 29.9 Å². The fourth-order valence-corrected chi connectivity index (χ4v) is 3.70. The standard InChI is InChI=1S/C15H16S/c1-3-11-5-7-14-13(9-11)12-6-4-10(2)8-15(12)16-14/h4-7,9-10H,3,8H2,1-2H3. The van der Waals surface area contributed by atoms with Crippen molar-refractivity contribution in [3.63, 3.8) is 0 Å². The van der Waals surface area contributed by atoms with Gasteiger partial charge in [-0.15, -0.1) is 11.3 Å². The maximum atomic E-state index is 2.37. The predicted molar refractivity (Wildman–Crippen MR) is 73.1 cm³/mol. The summed E-state index contributed by atoms with van der Waals surface area (Å²) in [5.41, 5.74) is 2.92. The summed E-state index contributed by atoms with van der Waals surface area (Å²) in [7, 11) is 0. The van der Waals surface area contributed by atoms with Crippen molar-refractivity contribution in [2.75, 3.05) is 0 Å². The number of hydrogen-bond acceptors (Lipinski definition) is 1. The van der Waals surface area contributed by atoms with Crippen molar-refractivity contribution in [2.24, 2.45) is 5.92 Å². The summed E-state index contributed by atoms with van der Waals surface area (Å²) >= 11 is 1.97. The van der Waals surface area contributed by atoms with Gasteiger partial charge in [-0.2, -0.15) is 0 Å². The summed E-state index contributed by atoms with van der Waals surface area (Å²) in [5.74, 6) is 0.700. The lowest BCUT2D eigenvalue weighted by molar-refractivity contribution is 0.728. The SMILES string of the molecule is CCc1ccc2sc3c(c2c1)C=CC(C)C3. The molecule has 1 unspecified atom stereocenters. The van der Waals surface area contributed by atoms with Crippen molar-refractivity contribution >= 4 is 27.5 Å². The summed E-state index contributed by atoms with van der Waals surface area (Å²) in [6.07, 6.45) is 7.00. The normalized spacial score (nSPS) is 19.0. The largest absolute Gasteiger partial charge is 0.140 e. The van der Waals surface area contributed by atoms with E-state index in [4.69, 9.17) is 0 Å². The molecular formula is C15H16S. The van der Waals surface area contributed by atoms with Crippen molar-refractivity contribution in [1.82, 2.24) is 0 Å². The average molecular weight is 228 g/mol. The van der Waals surface area contributed by atoms with Gasteiger partial charge < -0.3 is 0 Å². The molecule has 1 aromatic carbocycles. The van der Waals surface area contributed by atoms with Gasteiger partial charge in [0.15, 0.2) is 0 Å². The van der Waals surface area contributed by atoms with Crippen LogP contribution in [-0.4, -0.2) is 0 Å². The van der Waals surface area contributed by atoms with E-state index in [0.717, 1.165) is 6.42 Å². The number of aryl methyl sites for hydroxylation is 1. The lowest BCUT2D eigenvalue weighted by Crippen LogP contribution is -1.99. The first-order chi connectivity index (χ1) is 7.78. The van der Waals surface area contributed by atoms with Crippen LogP contribution in [-0.2, 0) is 12.8 Å². The van der Waals surface area contributed by atoms with Gasteiger partial charge in [-0.05, 0) is 42.0 Å². The maximum Gasteiger partial charge on any atom is 0.0352 e. The zero-order chi connectivity index (χ0) is 11.1. The van der Waals surface area contributed by atoms with Gasteiger partial charge in [-0.1, -0.05) is 32.1 Å². The van der Waals surface area contributed by atoms with E-state index in [9.17, 15) is 0 Å². The van der Waals surface area contributed by atoms with Crippen LogP contribution < -0.4 is 0 Å². The van der Waals surface area contributed by atoms with E-state index in [1.165, 1.54) is 27.6 Å². The predicted octanol–water partition coefficient (Wildman–Crippen LogP) is 4.67. The Morgan fingerprint density at radius 1 is 1.38 bits per heavy atom. The maximum absolute atomic E-state index is 2.37. The van der Waals surface area contributed by atoms with Crippen molar-refractivity contribution < 1.29 is 0 Å². The van der Waals surface area contributed by atoms with E-state index in [-0.39, 0.29) is 0 Å². The molecule has 82 valence electrons. The molecule has 0 nitrogen and oxygen atoms in total. The number of thiophene rings is 1. The van der Waals surface area contributed by atoms with Gasteiger partial charge >= 0.3 is 0 Å². The van der Waals surface area contributed by atoms with E-state index >= 15 is 0 Å². The highest BCUT2D eigenvalue weighted by molar-refractivity contribution is 7.19.